The van der Waals surface area contributed by atoms with E-state index in [1.54, 1.807) is 20.8 Å². The number of hydrogen-bond acceptors (Lipinski definition) is 4. The first-order chi connectivity index (χ1) is 10.3. The number of hydrogen-bond donors (Lipinski definition) is 2. The number of nitrogens with zero attached hydrogens (tertiary/aromatic N) is 1. The summed E-state index contributed by atoms with van der Waals surface area (Å²) in [4.78, 5) is 28.6. The third kappa shape index (κ3) is 7.49. The molecule has 1 aromatic rings. The fraction of sp³-hybridized carbons (Fsp3) is 0.467. The molecule has 0 aliphatic carbocycles. The van der Waals surface area contributed by atoms with E-state index in [-0.39, 0.29) is 19.7 Å². The van der Waals surface area contributed by atoms with Crippen LogP contribution in [0.25, 0.3) is 0 Å². The van der Waals surface area contributed by atoms with Crippen molar-refractivity contribution in [2.75, 3.05) is 13.2 Å². The van der Waals surface area contributed by atoms with Crippen LogP contribution >= 0.6 is 0 Å². The summed E-state index contributed by atoms with van der Waals surface area (Å²) in [6, 6.07) is 9.24. The molecule has 2 amide bonds. The summed E-state index contributed by atoms with van der Waals surface area (Å²) in [7, 11) is 0. The Labute approximate surface area is 129 Å². The van der Waals surface area contributed by atoms with E-state index in [0.717, 1.165) is 5.56 Å². The summed E-state index contributed by atoms with van der Waals surface area (Å²) in [5.41, 5.74) is 2.38. The Morgan fingerprint density at radius 2 is 1.86 bits per heavy atom. The van der Waals surface area contributed by atoms with Crippen LogP contribution < -0.4 is 5.48 Å². The van der Waals surface area contributed by atoms with Gasteiger partial charge in [-0.15, -0.1) is 0 Å². The third-order valence-corrected chi connectivity index (χ3v) is 2.50. The molecule has 1 aromatic carbocycles. The molecule has 1 rings (SSSR count). The van der Waals surface area contributed by atoms with Crippen molar-refractivity contribution in [1.82, 2.24) is 10.4 Å². The van der Waals surface area contributed by atoms with Gasteiger partial charge in [-0.1, -0.05) is 30.3 Å². The largest absolute Gasteiger partial charge is 0.465 e. The summed E-state index contributed by atoms with van der Waals surface area (Å²) >= 11 is 0. The zero-order valence-corrected chi connectivity index (χ0v) is 13.0. The normalized spacial score (nSPS) is 10.9. The predicted molar refractivity (Wildman–Crippen MR) is 80.2 cm³/mol. The van der Waals surface area contributed by atoms with Crippen LogP contribution in [0, 0.1) is 0 Å². The van der Waals surface area contributed by atoms with Gasteiger partial charge in [-0.2, -0.15) is 5.48 Å². The molecule has 0 unspecified atom stereocenters. The molecular formula is C15H22N2O5. The zero-order valence-electron chi connectivity index (χ0n) is 13.0. The zero-order chi connectivity index (χ0) is 16.6. The van der Waals surface area contributed by atoms with Crippen molar-refractivity contribution in [3.63, 3.8) is 0 Å². The molecule has 0 radical (unpaired) electrons. The van der Waals surface area contributed by atoms with Gasteiger partial charge in [0.2, 0.25) is 0 Å². The number of carbonyl (C=O) groups excluding carboxylic acids is 1. The third-order valence-electron chi connectivity index (χ3n) is 2.50. The Bertz CT molecular complexity index is 484. The lowest BCUT2D eigenvalue weighted by molar-refractivity contribution is -0.0121. The van der Waals surface area contributed by atoms with Crippen molar-refractivity contribution in [2.45, 2.75) is 32.9 Å². The monoisotopic (exact) mass is 310 g/mol. The van der Waals surface area contributed by atoms with E-state index in [4.69, 9.17) is 14.7 Å². The summed E-state index contributed by atoms with van der Waals surface area (Å²) in [6.07, 6.45) is -1.76. The predicted octanol–water partition coefficient (Wildman–Crippen LogP) is 2.62. The maximum Gasteiger partial charge on any atom is 0.431 e. The number of ether oxygens (including phenoxy) is 1. The molecule has 0 heterocycles. The minimum Gasteiger partial charge on any atom is -0.465 e. The van der Waals surface area contributed by atoms with Crippen LogP contribution in [0.1, 0.15) is 26.3 Å². The number of nitrogens with one attached hydrogen (secondary N) is 1. The lowest BCUT2D eigenvalue weighted by Crippen LogP contribution is -2.36. The molecule has 2 N–H and O–H groups in total. The molecule has 7 heteroatoms. The number of amides is 2. The molecule has 0 spiro atoms. The van der Waals surface area contributed by atoms with Crippen molar-refractivity contribution in [3.8, 4) is 0 Å². The lowest BCUT2D eigenvalue weighted by atomic mass is 10.2. The topological polar surface area (TPSA) is 88.1 Å². The smallest absolute Gasteiger partial charge is 0.431 e. The van der Waals surface area contributed by atoms with E-state index in [1.807, 2.05) is 30.3 Å². The van der Waals surface area contributed by atoms with Gasteiger partial charge in [-0.25, -0.2) is 9.59 Å². The SMILES string of the molecule is CC(C)(C)OC(=O)NOCCN(Cc1ccccc1)C(=O)O. The molecule has 0 bridgehead atoms. The van der Waals surface area contributed by atoms with E-state index < -0.39 is 17.8 Å². The van der Waals surface area contributed by atoms with Gasteiger partial charge in [-0.05, 0) is 26.3 Å². The molecule has 0 aromatic heterocycles. The second-order valence-electron chi connectivity index (χ2n) is 5.64. The Balaban J connectivity index is 2.34. The van der Waals surface area contributed by atoms with Gasteiger partial charge in [0.25, 0.3) is 0 Å². The Morgan fingerprint density at radius 1 is 1.23 bits per heavy atom. The van der Waals surface area contributed by atoms with Crippen molar-refractivity contribution in [1.29, 1.82) is 0 Å². The Kier molecular flexibility index (Phi) is 6.65. The first kappa shape index (κ1) is 17.8. The van der Waals surface area contributed by atoms with Gasteiger partial charge in [0.05, 0.1) is 13.2 Å². The molecule has 22 heavy (non-hydrogen) atoms. The molecule has 0 saturated carbocycles. The maximum atomic E-state index is 11.3. The summed E-state index contributed by atoms with van der Waals surface area (Å²) in [5, 5.41) is 9.15. The van der Waals surface area contributed by atoms with E-state index in [2.05, 4.69) is 5.48 Å². The van der Waals surface area contributed by atoms with Crippen LogP contribution in [-0.2, 0) is 16.1 Å². The van der Waals surface area contributed by atoms with E-state index in [0.29, 0.717) is 0 Å². The van der Waals surface area contributed by atoms with E-state index >= 15 is 0 Å². The van der Waals surface area contributed by atoms with Crippen molar-refractivity contribution in [3.05, 3.63) is 35.9 Å². The summed E-state index contributed by atoms with van der Waals surface area (Å²) < 4.78 is 4.98. The highest BCUT2D eigenvalue weighted by molar-refractivity contribution is 5.66. The fourth-order valence-electron chi connectivity index (χ4n) is 1.61. The number of hydroxylamine groups is 1. The van der Waals surface area contributed by atoms with Crippen molar-refractivity contribution >= 4 is 12.2 Å². The first-order valence-electron chi connectivity index (χ1n) is 6.90. The van der Waals surface area contributed by atoms with Gasteiger partial charge in [0, 0.05) is 6.54 Å². The molecule has 0 saturated heterocycles. The lowest BCUT2D eigenvalue weighted by Gasteiger charge is -2.21. The highest BCUT2D eigenvalue weighted by atomic mass is 16.7. The number of benzene rings is 1. The Hall–Kier alpha value is -2.28. The first-order valence-corrected chi connectivity index (χ1v) is 6.90. The van der Waals surface area contributed by atoms with Crippen LogP contribution in [0.4, 0.5) is 9.59 Å². The van der Waals surface area contributed by atoms with Crippen molar-refractivity contribution < 1.29 is 24.3 Å². The van der Waals surface area contributed by atoms with Crippen LogP contribution in [0.2, 0.25) is 0 Å². The van der Waals surface area contributed by atoms with Gasteiger partial charge >= 0.3 is 12.2 Å². The number of rotatable bonds is 6. The summed E-state index contributed by atoms with van der Waals surface area (Å²) in [5.74, 6) is 0. The molecular weight excluding hydrogens is 288 g/mol. The summed E-state index contributed by atoms with van der Waals surface area (Å²) in [6.45, 7) is 5.61. The highest BCUT2D eigenvalue weighted by Crippen LogP contribution is 2.06. The minimum atomic E-state index is -1.05. The average molecular weight is 310 g/mol. The standard InChI is InChI=1S/C15H22N2O5/c1-15(2,3)22-13(18)16-21-10-9-17(14(19)20)11-12-7-5-4-6-8-12/h4-8H,9-11H2,1-3H3,(H,16,18)(H,19,20). The van der Waals surface area contributed by atoms with Crippen molar-refractivity contribution in [2.24, 2.45) is 0 Å². The van der Waals surface area contributed by atoms with Crippen LogP contribution in [0.5, 0.6) is 0 Å². The van der Waals surface area contributed by atoms with Crippen LogP contribution in [-0.4, -0.2) is 40.9 Å². The number of carboxylic acid groups (broad SMARTS) is 1. The highest BCUT2D eigenvalue weighted by Gasteiger charge is 2.16. The van der Waals surface area contributed by atoms with E-state index in [9.17, 15) is 9.59 Å². The molecule has 0 aliphatic rings. The number of carbonyl (C=O) groups is 2. The fourth-order valence-corrected chi connectivity index (χ4v) is 1.61. The second-order valence-corrected chi connectivity index (χ2v) is 5.64. The van der Waals surface area contributed by atoms with Gasteiger partial charge < -0.3 is 14.7 Å². The molecule has 7 nitrogen and oxygen atoms in total. The molecule has 0 fully saturated rings. The average Bonchev–Trinajstić information content (AvgIpc) is 2.41. The molecule has 0 atom stereocenters. The molecule has 122 valence electrons. The van der Waals surface area contributed by atoms with E-state index in [1.165, 1.54) is 4.90 Å². The van der Waals surface area contributed by atoms with Gasteiger partial charge in [-0.3, -0.25) is 4.84 Å². The maximum absolute atomic E-state index is 11.3. The van der Waals surface area contributed by atoms with Gasteiger partial charge in [0.1, 0.15) is 5.60 Å². The Morgan fingerprint density at radius 3 is 2.41 bits per heavy atom. The van der Waals surface area contributed by atoms with Gasteiger partial charge in [0.15, 0.2) is 0 Å². The second kappa shape index (κ2) is 8.23. The quantitative estimate of drug-likeness (QED) is 0.623. The minimum absolute atomic E-state index is 0.0262. The molecule has 0 aliphatic heterocycles. The van der Waals surface area contributed by atoms with Crippen LogP contribution in [0.15, 0.2) is 30.3 Å². The van der Waals surface area contributed by atoms with Crippen LogP contribution in [0.3, 0.4) is 0 Å².